The summed E-state index contributed by atoms with van der Waals surface area (Å²) in [7, 11) is -2.95. The lowest BCUT2D eigenvalue weighted by Crippen LogP contribution is -2.36. The molecule has 294 valence electrons. The maximum atomic E-state index is 13.4. The van der Waals surface area contributed by atoms with Crippen LogP contribution in [0.1, 0.15) is 43.3 Å². The number of methoxy groups -OCH3 is 1. The van der Waals surface area contributed by atoms with E-state index >= 15 is 0 Å². The van der Waals surface area contributed by atoms with Gasteiger partial charge >= 0.3 is 25.1 Å². The summed E-state index contributed by atoms with van der Waals surface area (Å²) in [6.07, 6.45) is 0.522. The fourth-order valence-electron chi connectivity index (χ4n) is 5.24. The second kappa shape index (κ2) is 19.7. The summed E-state index contributed by atoms with van der Waals surface area (Å²) in [5, 5.41) is 31.6. The van der Waals surface area contributed by atoms with Crippen molar-refractivity contribution in [3.63, 3.8) is 0 Å². The lowest BCUT2D eigenvalue weighted by Gasteiger charge is -2.24. The van der Waals surface area contributed by atoms with Gasteiger partial charge in [0.2, 0.25) is 0 Å². The zero-order chi connectivity index (χ0) is 39.6. The highest BCUT2D eigenvalue weighted by Gasteiger charge is 2.40. The first-order valence-corrected chi connectivity index (χ1v) is 19.5. The topological polar surface area (TPSA) is 263 Å². The third-order valence-electron chi connectivity index (χ3n) is 7.97. The SMILES string of the molecule is COC(=O)C(C)NP(=O)(OCC1OC(n2cc(/C=C/Br)c(=O)[nH]c2=O)CC1O)Oc1ccccc1.O=c1[nH]c(=O)n(C2CC(O)C(CO)O2)cc1/C=C/Br. The number of benzene rings is 1. The molecule has 6 N–H and O–H groups in total. The van der Waals surface area contributed by atoms with Crippen LogP contribution >= 0.6 is 39.6 Å². The Balaban J connectivity index is 0.000000287. The van der Waals surface area contributed by atoms with Gasteiger partial charge in [-0.25, -0.2) is 14.2 Å². The van der Waals surface area contributed by atoms with E-state index in [1.165, 1.54) is 53.1 Å². The fourth-order valence-corrected chi connectivity index (χ4v) is 7.31. The van der Waals surface area contributed by atoms with Crippen molar-refractivity contribution >= 4 is 57.7 Å². The Kier molecular flexibility index (Phi) is 15.7. The zero-order valence-electron chi connectivity index (χ0n) is 28.7. The van der Waals surface area contributed by atoms with Crippen molar-refractivity contribution in [3.05, 3.63) is 105 Å². The monoisotopic (exact) mass is 905 g/mol. The number of para-hydroxylation sites is 1. The first-order chi connectivity index (χ1) is 25.7. The summed E-state index contributed by atoms with van der Waals surface area (Å²) in [5.74, 6) is -0.466. The van der Waals surface area contributed by atoms with Crippen LogP contribution in [0.3, 0.4) is 0 Å². The highest BCUT2D eigenvalue weighted by atomic mass is 79.9. The number of ether oxygens (including phenoxy) is 3. The number of nitrogens with one attached hydrogen (secondary N) is 3. The van der Waals surface area contributed by atoms with E-state index in [2.05, 4.69) is 51.7 Å². The van der Waals surface area contributed by atoms with E-state index in [0.717, 1.165) is 4.57 Å². The molecule has 0 saturated carbocycles. The Morgan fingerprint density at radius 3 is 1.91 bits per heavy atom. The summed E-state index contributed by atoms with van der Waals surface area (Å²) in [6, 6.07) is 7.15. The number of aliphatic hydroxyl groups is 3. The van der Waals surface area contributed by atoms with Crippen LogP contribution in [0.15, 0.2) is 71.9 Å². The molecular formula is C32H38Br2N5O14P. The van der Waals surface area contributed by atoms with Gasteiger partial charge in [-0.05, 0) is 41.2 Å². The zero-order valence-corrected chi connectivity index (χ0v) is 32.7. The second-order valence-electron chi connectivity index (χ2n) is 11.7. The molecule has 0 radical (unpaired) electrons. The van der Waals surface area contributed by atoms with Gasteiger partial charge in [-0.1, -0.05) is 50.1 Å². The normalized spacial score (nSPS) is 24.2. The molecule has 0 spiro atoms. The van der Waals surface area contributed by atoms with Gasteiger partial charge in [0.25, 0.3) is 11.1 Å². The average molecular weight is 907 g/mol. The van der Waals surface area contributed by atoms with Gasteiger partial charge in [0, 0.05) is 25.2 Å². The van der Waals surface area contributed by atoms with Crippen LogP contribution in [0.5, 0.6) is 5.75 Å². The molecule has 4 heterocycles. The smallest absolute Gasteiger partial charge is 0.459 e. The predicted octanol–water partition coefficient (Wildman–Crippen LogP) is 1.45. The Morgan fingerprint density at radius 1 is 0.944 bits per heavy atom. The van der Waals surface area contributed by atoms with Crippen LogP contribution in [0, 0.1) is 0 Å². The third-order valence-corrected chi connectivity index (χ3v) is 10.1. The molecule has 2 aliphatic heterocycles. The van der Waals surface area contributed by atoms with Crippen molar-refractivity contribution in [1.82, 2.24) is 24.2 Å². The summed E-state index contributed by atoms with van der Waals surface area (Å²) in [6.45, 7) is 0.702. The number of aliphatic hydroxyl groups excluding tert-OH is 3. The molecule has 19 nitrogen and oxygen atoms in total. The predicted molar refractivity (Wildman–Crippen MR) is 200 cm³/mol. The number of carbonyl (C=O) groups excluding carboxylic acids is 1. The van der Waals surface area contributed by atoms with Crippen LogP contribution in [-0.4, -0.2) is 91.2 Å². The minimum atomic E-state index is -4.14. The molecule has 3 aromatic rings. The molecule has 8 unspecified atom stereocenters. The van der Waals surface area contributed by atoms with Crippen molar-refractivity contribution in [1.29, 1.82) is 0 Å². The van der Waals surface area contributed by atoms with Crippen LogP contribution in [0.2, 0.25) is 0 Å². The number of nitrogens with zero attached hydrogens (tertiary/aromatic N) is 2. The number of hydrogen-bond donors (Lipinski definition) is 6. The van der Waals surface area contributed by atoms with Gasteiger partial charge in [0.15, 0.2) is 0 Å². The van der Waals surface area contributed by atoms with Gasteiger partial charge in [-0.15, -0.1) is 0 Å². The minimum Gasteiger partial charge on any atom is -0.468 e. The molecule has 0 aliphatic carbocycles. The molecule has 5 rings (SSSR count). The highest BCUT2D eigenvalue weighted by molar-refractivity contribution is 9.11. The van der Waals surface area contributed by atoms with Crippen LogP contribution in [0.4, 0.5) is 0 Å². The summed E-state index contributed by atoms with van der Waals surface area (Å²) < 4.78 is 42.6. The van der Waals surface area contributed by atoms with Gasteiger partial charge in [0.1, 0.15) is 36.5 Å². The van der Waals surface area contributed by atoms with E-state index in [0.29, 0.717) is 0 Å². The Morgan fingerprint density at radius 2 is 1.44 bits per heavy atom. The lowest BCUT2D eigenvalue weighted by molar-refractivity contribution is -0.142. The first kappa shape index (κ1) is 43.0. The maximum Gasteiger partial charge on any atom is 0.459 e. The van der Waals surface area contributed by atoms with Gasteiger partial charge in [0.05, 0.1) is 43.7 Å². The summed E-state index contributed by atoms with van der Waals surface area (Å²) in [5.41, 5.74) is -1.94. The molecule has 8 atom stereocenters. The number of hydrogen-bond acceptors (Lipinski definition) is 14. The highest BCUT2D eigenvalue weighted by Crippen LogP contribution is 2.46. The first-order valence-electron chi connectivity index (χ1n) is 16.1. The number of carbonyl (C=O) groups is 1. The van der Waals surface area contributed by atoms with Gasteiger partial charge in [-0.3, -0.25) is 38.0 Å². The summed E-state index contributed by atoms with van der Waals surface area (Å²) in [4.78, 5) is 66.6. The number of esters is 1. The minimum absolute atomic E-state index is 0.00722. The Labute approximate surface area is 323 Å². The van der Waals surface area contributed by atoms with Crippen molar-refractivity contribution < 1.29 is 47.9 Å². The van der Waals surface area contributed by atoms with E-state index in [1.807, 2.05) is 0 Å². The van der Waals surface area contributed by atoms with Crippen molar-refractivity contribution in [2.45, 2.75) is 62.7 Å². The summed E-state index contributed by atoms with van der Waals surface area (Å²) >= 11 is 6.13. The molecule has 2 fully saturated rings. The fraction of sp³-hybridized carbons (Fsp3) is 0.406. The molecular weight excluding hydrogens is 869 g/mol. The average Bonchev–Trinajstić information content (AvgIpc) is 3.70. The van der Waals surface area contributed by atoms with Crippen molar-refractivity contribution in [3.8, 4) is 5.75 Å². The number of aromatic nitrogens is 4. The lowest BCUT2D eigenvalue weighted by atomic mass is 10.2. The molecule has 0 amide bonds. The Hall–Kier alpha value is -3.76. The van der Waals surface area contributed by atoms with Gasteiger partial charge < -0.3 is 34.1 Å². The molecule has 0 bridgehead atoms. The molecule has 1 aromatic carbocycles. The third kappa shape index (κ3) is 11.2. The van der Waals surface area contributed by atoms with E-state index < -0.39 is 85.7 Å². The molecule has 2 saturated heterocycles. The standard InChI is InChI=1S/C21H25BrN3O9P.C11H13BrN2O5/c1-13(20(28)31-2)24-35(30,34-15-6-4-3-5-7-15)32-12-17-16(26)10-18(33-17)25-11-14(8-9-22)19(27)23-21(25)29;12-2-1-6-4-14(11(18)13-10(6)17)9-3-7(16)8(5-15)19-9/h3-9,11,13,16-18,26H,10,12H2,1-2H3,(H,24,30)(H,23,27,29);1-2,4,7-9,15-16H,3,5H2,(H,13,17,18)/b9-8+;2-1+. The van der Waals surface area contributed by atoms with Gasteiger partial charge in [-0.2, -0.15) is 5.09 Å². The quantitative estimate of drug-likeness (QED) is 0.105. The van der Waals surface area contributed by atoms with Crippen LogP contribution < -0.4 is 32.1 Å². The van der Waals surface area contributed by atoms with E-state index in [9.17, 15) is 38.8 Å². The maximum absolute atomic E-state index is 13.4. The van der Waals surface area contributed by atoms with E-state index in [1.54, 1.807) is 30.3 Å². The molecule has 54 heavy (non-hydrogen) atoms. The molecule has 2 aromatic heterocycles. The number of H-pyrrole nitrogens is 2. The number of rotatable bonds is 13. The molecule has 22 heteroatoms. The largest absolute Gasteiger partial charge is 0.468 e. The van der Waals surface area contributed by atoms with E-state index in [4.69, 9.17) is 23.6 Å². The van der Waals surface area contributed by atoms with Crippen molar-refractivity contribution in [2.75, 3.05) is 20.3 Å². The Bertz CT molecular complexity index is 2090. The number of aromatic amines is 2. The van der Waals surface area contributed by atoms with Crippen LogP contribution in [0.25, 0.3) is 12.2 Å². The van der Waals surface area contributed by atoms with Crippen molar-refractivity contribution in [2.24, 2.45) is 0 Å². The van der Waals surface area contributed by atoms with E-state index in [-0.39, 0.29) is 36.3 Å². The van der Waals surface area contributed by atoms with Crippen LogP contribution in [-0.2, 0) is 28.1 Å². The second-order valence-corrected chi connectivity index (χ2v) is 14.5. The number of halogens is 2. The molecule has 2 aliphatic rings.